The van der Waals surface area contributed by atoms with Gasteiger partial charge in [0.2, 0.25) is 5.91 Å². The first-order valence-corrected chi connectivity index (χ1v) is 13.4. The summed E-state index contributed by atoms with van der Waals surface area (Å²) < 4.78 is 11.6. The molecule has 0 bridgehead atoms. The van der Waals surface area contributed by atoms with E-state index in [0.29, 0.717) is 34.9 Å². The molecule has 5 atom stereocenters. The zero-order valence-corrected chi connectivity index (χ0v) is 21.9. The lowest BCUT2D eigenvalue weighted by Gasteiger charge is -2.41. The van der Waals surface area contributed by atoms with E-state index in [2.05, 4.69) is 0 Å². The predicted octanol–water partition coefficient (Wildman–Crippen LogP) is 3.74. The first-order chi connectivity index (χ1) is 17.8. The number of amides is 1. The van der Waals surface area contributed by atoms with E-state index in [1.54, 1.807) is 36.4 Å². The fraction of sp³-hybridized carbons (Fsp3) is 0.321. The van der Waals surface area contributed by atoms with Gasteiger partial charge >= 0.3 is 0 Å². The molecule has 1 heterocycles. The van der Waals surface area contributed by atoms with E-state index in [4.69, 9.17) is 26.8 Å². The highest BCUT2D eigenvalue weighted by Gasteiger charge is 2.44. The number of halogens is 1. The summed E-state index contributed by atoms with van der Waals surface area (Å²) in [6.07, 6.45) is -4.99. The number of rotatable bonds is 9. The summed E-state index contributed by atoms with van der Waals surface area (Å²) in [7, 11) is 0. The number of benzene rings is 3. The second-order valence-electron chi connectivity index (χ2n) is 8.87. The van der Waals surface area contributed by atoms with Gasteiger partial charge in [0.25, 0.3) is 0 Å². The van der Waals surface area contributed by atoms with E-state index in [1.165, 1.54) is 11.8 Å². The highest BCUT2D eigenvalue weighted by Crippen LogP contribution is 2.36. The van der Waals surface area contributed by atoms with Crippen LogP contribution in [0.3, 0.4) is 0 Å². The monoisotopic (exact) mass is 543 g/mol. The van der Waals surface area contributed by atoms with E-state index in [1.807, 2.05) is 37.3 Å². The third-order valence-electron chi connectivity index (χ3n) is 6.29. The van der Waals surface area contributed by atoms with Crippen LogP contribution >= 0.6 is 23.4 Å². The van der Waals surface area contributed by atoms with Crippen molar-refractivity contribution in [1.29, 1.82) is 0 Å². The summed E-state index contributed by atoms with van der Waals surface area (Å²) in [6, 6.07) is 19.9. The van der Waals surface area contributed by atoms with Crippen LogP contribution in [0.4, 0.5) is 0 Å². The third-order valence-corrected chi connectivity index (χ3v) is 7.76. The van der Waals surface area contributed by atoms with Gasteiger partial charge in [0.05, 0.1) is 12.7 Å². The van der Waals surface area contributed by atoms with Crippen LogP contribution in [0, 0.1) is 0 Å². The molecule has 1 saturated heterocycles. The van der Waals surface area contributed by atoms with E-state index in [9.17, 15) is 20.1 Å². The summed E-state index contributed by atoms with van der Waals surface area (Å²) in [5.74, 6) is 0.613. The number of nitrogens with two attached hydrogens (primary N) is 1. The number of aliphatic hydroxyl groups excluding tert-OH is 3. The molecule has 3 aromatic carbocycles. The molecule has 196 valence electrons. The highest BCUT2D eigenvalue weighted by atomic mass is 35.5. The third kappa shape index (κ3) is 6.65. The Bertz CT molecular complexity index is 1210. The van der Waals surface area contributed by atoms with Crippen LogP contribution in [0.5, 0.6) is 5.75 Å². The standard InChI is InChI=1S/C28H30ClNO6S/c1-2-35-20-8-3-16(4-9-20)13-19-14-18(7-12-22(19)29)27-26(33)25(32)24(31)23(36-27)15-37-21-10-5-17(6-11-21)28(30)34/h3-12,14,23-27,31-33H,2,13,15H2,1H3,(H2,30,34)/t23-,24+,25-,26-,27+/m1/s1. The molecular weight excluding hydrogens is 514 g/mol. The Balaban J connectivity index is 1.48. The second kappa shape index (κ2) is 12.3. The van der Waals surface area contributed by atoms with Crippen molar-refractivity contribution in [2.24, 2.45) is 5.73 Å². The van der Waals surface area contributed by atoms with Gasteiger partial charge in [0, 0.05) is 21.2 Å². The minimum Gasteiger partial charge on any atom is -0.494 e. The van der Waals surface area contributed by atoms with Gasteiger partial charge in [-0.1, -0.05) is 35.9 Å². The zero-order chi connectivity index (χ0) is 26.5. The number of ether oxygens (including phenoxy) is 2. The molecule has 5 N–H and O–H groups in total. The highest BCUT2D eigenvalue weighted by molar-refractivity contribution is 7.99. The van der Waals surface area contributed by atoms with Crippen LogP contribution < -0.4 is 10.5 Å². The number of hydrogen-bond acceptors (Lipinski definition) is 7. The van der Waals surface area contributed by atoms with Crippen molar-refractivity contribution in [1.82, 2.24) is 0 Å². The first-order valence-electron chi connectivity index (χ1n) is 12.0. The predicted molar refractivity (Wildman–Crippen MR) is 143 cm³/mol. The van der Waals surface area contributed by atoms with E-state index >= 15 is 0 Å². The van der Waals surface area contributed by atoms with Gasteiger partial charge in [0.15, 0.2) is 0 Å². The lowest BCUT2D eigenvalue weighted by molar-refractivity contribution is -0.218. The van der Waals surface area contributed by atoms with E-state index < -0.39 is 36.4 Å². The van der Waals surface area contributed by atoms with Gasteiger partial charge in [-0.3, -0.25) is 4.79 Å². The molecule has 0 saturated carbocycles. The number of carbonyl (C=O) groups excluding carboxylic acids is 1. The largest absolute Gasteiger partial charge is 0.494 e. The quantitative estimate of drug-likeness (QED) is 0.303. The maximum Gasteiger partial charge on any atom is 0.248 e. The van der Waals surface area contributed by atoms with E-state index in [-0.39, 0.29) is 0 Å². The van der Waals surface area contributed by atoms with Crippen molar-refractivity contribution in [2.45, 2.75) is 48.8 Å². The van der Waals surface area contributed by atoms with Gasteiger partial charge in [0.1, 0.15) is 30.2 Å². The molecule has 1 aliphatic heterocycles. The Morgan fingerprint density at radius 3 is 2.35 bits per heavy atom. The fourth-order valence-electron chi connectivity index (χ4n) is 4.25. The van der Waals surface area contributed by atoms with Crippen LogP contribution in [0.25, 0.3) is 0 Å². The molecule has 0 radical (unpaired) electrons. The van der Waals surface area contributed by atoms with Crippen molar-refractivity contribution in [3.05, 3.63) is 94.0 Å². The van der Waals surface area contributed by atoms with Gasteiger partial charge < -0.3 is 30.5 Å². The molecular formula is C28H30ClNO6S. The molecule has 4 rings (SSSR count). The molecule has 0 aromatic heterocycles. The fourth-order valence-corrected chi connectivity index (χ4v) is 5.40. The van der Waals surface area contributed by atoms with Gasteiger partial charge in [-0.05, 0) is 72.5 Å². The minimum atomic E-state index is -1.38. The maximum absolute atomic E-state index is 11.3. The minimum absolute atomic E-state index is 0.323. The molecule has 9 heteroatoms. The van der Waals surface area contributed by atoms with Crippen molar-refractivity contribution in [2.75, 3.05) is 12.4 Å². The molecule has 0 unspecified atom stereocenters. The summed E-state index contributed by atoms with van der Waals surface area (Å²) in [5.41, 5.74) is 8.24. The van der Waals surface area contributed by atoms with Crippen molar-refractivity contribution >= 4 is 29.3 Å². The molecule has 7 nitrogen and oxygen atoms in total. The average molecular weight is 544 g/mol. The van der Waals surface area contributed by atoms with Crippen molar-refractivity contribution in [3.63, 3.8) is 0 Å². The number of thioether (sulfide) groups is 1. The lowest BCUT2D eigenvalue weighted by atomic mass is 9.90. The van der Waals surface area contributed by atoms with E-state index in [0.717, 1.165) is 21.8 Å². The molecule has 0 spiro atoms. The molecule has 1 fully saturated rings. The van der Waals surface area contributed by atoms with Crippen LogP contribution in [0.1, 0.15) is 40.1 Å². The van der Waals surface area contributed by atoms with Crippen LogP contribution in [-0.2, 0) is 11.2 Å². The number of aliphatic hydroxyl groups is 3. The first kappa shape index (κ1) is 27.4. The normalized spacial score (nSPS) is 23.5. The van der Waals surface area contributed by atoms with Crippen LogP contribution in [0.15, 0.2) is 71.6 Å². The lowest BCUT2D eigenvalue weighted by Crippen LogP contribution is -2.54. The Labute approximate surface area is 225 Å². The summed E-state index contributed by atoms with van der Waals surface area (Å²) in [4.78, 5) is 12.1. The Morgan fingerprint density at radius 2 is 1.70 bits per heavy atom. The van der Waals surface area contributed by atoms with Gasteiger partial charge in [-0.2, -0.15) is 0 Å². The SMILES string of the molecule is CCOc1ccc(Cc2cc([C@@H]3O[C@H](CSc4ccc(C(N)=O)cc4)[C@H](O)[C@@H](O)[C@H]3O)ccc2Cl)cc1. The summed E-state index contributed by atoms with van der Waals surface area (Å²) in [5, 5.41) is 32.5. The van der Waals surface area contributed by atoms with Crippen molar-refractivity contribution < 1.29 is 29.6 Å². The topological polar surface area (TPSA) is 122 Å². The van der Waals surface area contributed by atoms with Gasteiger partial charge in [-0.25, -0.2) is 0 Å². The smallest absolute Gasteiger partial charge is 0.248 e. The van der Waals surface area contributed by atoms with Gasteiger partial charge in [-0.15, -0.1) is 11.8 Å². The zero-order valence-electron chi connectivity index (χ0n) is 20.3. The second-order valence-corrected chi connectivity index (χ2v) is 10.4. The Morgan fingerprint density at radius 1 is 1.00 bits per heavy atom. The molecule has 0 aliphatic carbocycles. The number of hydrogen-bond donors (Lipinski definition) is 4. The molecule has 37 heavy (non-hydrogen) atoms. The molecule has 1 amide bonds. The summed E-state index contributed by atoms with van der Waals surface area (Å²) in [6.45, 7) is 2.53. The Hall–Kier alpha value is -2.59. The van der Waals surface area contributed by atoms with Crippen LogP contribution in [-0.4, -0.2) is 58.0 Å². The molecule has 1 aliphatic rings. The Kier molecular flexibility index (Phi) is 9.13. The summed E-state index contributed by atoms with van der Waals surface area (Å²) >= 11 is 7.88. The van der Waals surface area contributed by atoms with Crippen molar-refractivity contribution in [3.8, 4) is 5.75 Å². The molecule has 3 aromatic rings. The average Bonchev–Trinajstić information content (AvgIpc) is 2.90. The maximum atomic E-state index is 11.3. The van der Waals surface area contributed by atoms with Crippen LogP contribution in [0.2, 0.25) is 5.02 Å². The number of carbonyl (C=O) groups is 1. The number of primary amides is 1.